The highest BCUT2D eigenvalue weighted by Gasteiger charge is 2.21. The number of hydrogen-bond donors (Lipinski definition) is 2. The fourth-order valence-corrected chi connectivity index (χ4v) is 3.67. The van der Waals surface area contributed by atoms with Crippen molar-refractivity contribution in [2.45, 2.75) is 0 Å². The number of aliphatic hydroxyl groups excluding tert-OH is 1. The number of rotatable bonds is 6. The number of nitrogens with two attached hydrogens (primary N) is 1. The Labute approximate surface area is 135 Å². The molecule has 5 nitrogen and oxygen atoms in total. The van der Waals surface area contributed by atoms with Gasteiger partial charge in [-0.3, -0.25) is 4.79 Å². The van der Waals surface area contributed by atoms with Crippen molar-refractivity contribution in [2.75, 3.05) is 39.1 Å². The molecule has 0 aliphatic rings. The number of nitrogens with zero attached hydrogens (tertiary/aromatic N) is 1. The summed E-state index contributed by atoms with van der Waals surface area (Å²) in [7, 11) is 1.58. The zero-order chi connectivity index (χ0) is 15.4. The Balaban J connectivity index is 2.34. The van der Waals surface area contributed by atoms with E-state index in [1.54, 1.807) is 12.0 Å². The van der Waals surface area contributed by atoms with Crippen molar-refractivity contribution in [3.8, 4) is 0 Å². The summed E-state index contributed by atoms with van der Waals surface area (Å²) in [6.45, 7) is 1.01. The second-order valence-electron chi connectivity index (χ2n) is 4.49. The third-order valence-electron chi connectivity index (χ3n) is 3.11. The Morgan fingerprint density at radius 2 is 2.24 bits per heavy atom. The van der Waals surface area contributed by atoms with Gasteiger partial charge in [-0.1, -0.05) is 22.0 Å². The van der Waals surface area contributed by atoms with Crippen LogP contribution in [0.5, 0.6) is 0 Å². The zero-order valence-corrected chi connectivity index (χ0v) is 14.0. The first-order chi connectivity index (χ1) is 10.1. The maximum Gasteiger partial charge on any atom is 0.266 e. The van der Waals surface area contributed by atoms with Crippen LogP contribution in [0.4, 0.5) is 5.69 Å². The number of fused-ring (bicyclic) bond motifs is 1. The van der Waals surface area contributed by atoms with Crippen molar-refractivity contribution in [1.29, 1.82) is 0 Å². The summed E-state index contributed by atoms with van der Waals surface area (Å²) in [6, 6.07) is 5.74. The van der Waals surface area contributed by atoms with Crippen LogP contribution >= 0.6 is 27.3 Å². The van der Waals surface area contributed by atoms with Crippen LogP contribution in [0.2, 0.25) is 0 Å². The van der Waals surface area contributed by atoms with E-state index in [9.17, 15) is 4.79 Å². The van der Waals surface area contributed by atoms with E-state index >= 15 is 0 Å². The maximum absolute atomic E-state index is 12.6. The lowest BCUT2D eigenvalue weighted by atomic mass is 10.2. The molecule has 0 radical (unpaired) electrons. The first kappa shape index (κ1) is 16.2. The van der Waals surface area contributed by atoms with E-state index in [2.05, 4.69) is 15.9 Å². The van der Waals surface area contributed by atoms with E-state index in [0.29, 0.717) is 23.7 Å². The summed E-state index contributed by atoms with van der Waals surface area (Å²) in [6.07, 6.45) is 0. The Bertz CT molecular complexity index is 644. The molecule has 21 heavy (non-hydrogen) atoms. The molecule has 0 fully saturated rings. The van der Waals surface area contributed by atoms with E-state index in [1.165, 1.54) is 11.3 Å². The molecular formula is C14H17BrN2O3S. The summed E-state index contributed by atoms with van der Waals surface area (Å²) >= 11 is 4.78. The normalized spacial score (nSPS) is 11.0. The number of anilines is 1. The number of nitrogen functional groups attached to an aromatic ring is 1. The third kappa shape index (κ3) is 3.55. The molecule has 0 saturated heterocycles. The van der Waals surface area contributed by atoms with Crippen molar-refractivity contribution >= 4 is 48.9 Å². The predicted octanol–water partition coefficient (Wildman–Crippen LogP) is 2.33. The van der Waals surface area contributed by atoms with E-state index in [1.807, 2.05) is 18.2 Å². The van der Waals surface area contributed by atoms with Gasteiger partial charge in [0, 0.05) is 34.8 Å². The molecule has 0 bridgehead atoms. The van der Waals surface area contributed by atoms with Gasteiger partial charge >= 0.3 is 0 Å². The molecule has 1 aromatic heterocycles. The van der Waals surface area contributed by atoms with Gasteiger partial charge in [-0.25, -0.2) is 0 Å². The molecule has 0 unspecified atom stereocenters. The van der Waals surface area contributed by atoms with Crippen molar-refractivity contribution < 1.29 is 14.6 Å². The molecule has 0 aliphatic carbocycles. The lowest BCUT2D eigenvalue weighted by Crippen LogP contribution is -2.36. The SMILES string of the molecule is COCCN(CCO)C(=O)c1sc2cc(Br)ccc2c1N. The second-order valence-corrected chi connectivity index (χ2v) is 6.46. The van der Waals surface area contributed by atoms with Crippen molar-refractivity contribution in [3.05, 3.63) is 27.5 Å². The molecule has 2 aromatic rings. The summed E-state index contributed by atoms with van der Waals surface area (Å²) in [5.74, 6) is -0.170. The minimum Gasteiger partial charge on any atom is -0.397 e. The van der Waals surface area contributed by atoms with Crippen LogP contribution in [0.1, 0.15) is 9.67 Å². The second kappa shape index (κ2) is 7.22. The topological polar surface area (TPSA) is 75.8 Å². The number of thiophene rings is 1. The Morgan fingerprint density at radius 1 is 1.48 bits per heavy atom. The monoisotopic (exact) mass is 372 g/mol. The van der Waals surface area contributed by atoms with Gasteiger partial charge < -0.3 is 20.5 Å². The van der Waals surface area contributed by atoms with E-state index < -0.39 is 0 Å². The van der Waals surface area contributed by atoms with Crippen LogP contribution in [0.3, 0.4) is 0 Å². The number of ether oxygens (including phenoxy) is 1. The fourth-order valence-electron chi connectivity index (χ4n) is 2.03. The summed E-state index contributed by atoms with van der Waals surface area (Å²) < 4.78 is 6.91. The summed E-state index contributed by atoms with van der Waals surface area (Å²) in [5.41, 5.74) is 6.60. The number of benzene rings is 1. The zero-order valence-electron chi connectivity index (χ0n) is 11.6. The van der Waals surface area contributed by atoms with Crippen LogP contribution in [0.25, 0.3) is 10.1 Å². The Kier molecular flexibility index (Phi) is 5.58. The largest absolute Gasteiger partial charge is 0.397 e. The van der Waals surface area contributed by atoms with Gasteiger partial charge in [0.2, 0.25) is 0 Å². The van der Waals surface area contributed by atoms with Gasteiger partial charge in [-0.05, 0) is 12.1 Å². The maximum atomic E-state index is 12.6. The van der Waals surface area contributed by atoms with Crippen molar-refractivity contribution in [3.63, 3.8) is 0 Å². The molecule has 1 amide bonds. The molecule has 114 valence electrons. The van der Waals surface area contributed by atoms with Crippen LogP contribution in [0.15, 0.2) is 22.7 Å². The molecule has 3 N–H and O–H groups in total. The smallest absolute Gasteiger partial charge is 0.266 e. The molecule has 0 atom stereocenters. The number of halogens is 1. The molecule has 2 rings (SSSR count). The number of carbonyl (C=O) groups excluding carboxylic acids is 1. The van der Waals surface area contributed by atoms with Gasteiger partial charge in [0.05, 0.1) is 18.9 Å². The number of carbonyl (C=O) groups is 1. The van der Waals surface area contributed by atoms with E-state index in [-0.39, 0.29) is 19.1 Å². The predicted molar refractivity (Wildman–Crippen MR) is 88.8 cm³/mol. The highest BCUT2D eigenvalue weighted by atomic mass is 79.9. The van der Waals surface area contributed by atoms with Crippen LogP contribution in [-0.4, -0.2) is 49.3 Å². The molecule has 7 heteroatoms. The highest BCUT2D eigenvalue weighted by molar-refractivity contribution is 9.10. The standard InChI is InChI=1S/C14H17BrN2O3S/c1-20-7-5-17(4-6-18)14(19)13-12(16)10-3-2-9(15)8-11(10)21-13/h2-3,8,18H,4-7,16H2,1H3. The fraction of sp³-hybridized carbons (Fsp3) is 0.357. The quantitative estimate of drug-likeness (QED) is 0.815. The minimum atomic E-state index is -0.170. The molecular weight excluding hydrogens is 356 g/mol. The van der Waals surface area contributed by atoms with Gasteiger partial charge in [0.15, 0.2) is 0 Å². The number of amides is 1. The van der Waals surface area contributed by atoms with Crippen LogP contribution < -0.4 is 5.73 Å². The van der Waals surface area contributed by atoms with Crippen LogP contribution in [0, 0.1) is 0 Å². The number of hydrogen-bond acceptors (Lipinski definition) is 5. The summed E-state index contributed by atoms with van der Waals surface area (Å²) in [5, 5.41) is 9.99. The first-order valence-corrected chi connectivity index (χ1v) is 8.06. The average Bonchev–Trinajstić information content (AvgIpc) is 2.79. The van der Waals surface area contributed by atoms with E-state index in [4.69, 9.17) is 15.6 Å². The number of aliphatic hydroxyl groups is 1. The number of methoxy groups -OCH3 is 1. The molecule has 1 aromatic carbocycles. The molecule has 0 spiro atoms. The lowest BCUT2D eigenvalue weighted by Gasteiger charge is -2.20. The molecule has 0 aliphatic heterocycles. The minimum absolute atomic E-state index is 0.0915. The third-order valence-corrected chi connectivity index (χ3v) is 4.76. The van der Waals surface area contributed by atoms with Gasteiger partial charge in [0.1, 0.15) is 4.88 Å². The first-order valence-electron chi connectivity index (χ1n) is 6.45. The van der Waals surface area contributed by atoms with Crippen molar-refractivity contribution in [2.24, 2.45) is 0 Å². The summed E-state index contributed by atoms with van der Waals surface area (Å²) in [4.78, 5) is 14.7. The lowest BCUT2D eigenvalue weighted by molar-refractivity contribution is 0.0662. The van der Waals surface area contributed by atoms with Gasteiger partial charge in [0.25, 0.3) is 5.91 Å². The van der Waals surface area contributed by atoms with E-state index in [0.717, 1.165) is 14.6 Å². The van der Waals surface area contributed by atoms with Crippen molar-refractivity contribution in [1.82, 2.24) is 4.90 Å². The molecule has 1 heterocycles. The highest BCUT2D eigenvalue weighted by Crippen LogP contribution is 2.35. The van der Waals surface area contributed by atoms with Gasteiger partial charge in [-0.15, -0.1) is 11.3 Å². The van der Waals surface area contributed by atoms with Crippen LogP contribution in [-0.2, 0) is 4.74 Å². The average molecular weight is 373 g/mol. The Hall–Kier alpha value is -1.15. The molecule has 0 saturated carbocycles. The Morgan fingerprint density at radius 3 is 2.90 bits per heavy atom. The van der Waals surface area contributed by atoms with Gasteiger partial charge in [-0.2, -0.15) is 0 Å².